The minimum atomic E-state index is -1.08. The molecule has 164 valence electrons. The molecule has 4 aromatic rings. The van der Waals surface area contributed by atoms with Crippen molar-refractivity contribution in [3.63, 3.8) is 0 Å². The van der Waals surface area contributed by atoms with Gasteiger partial charge in [0.2, 0.25) is 5.69 Å². The first-order valence-corrected chi connectivity index (χ1v) is 10.3. The van der Waals surface area contributed by atoms with Gasteiger partial charge in [-0.05, 0) is 23.8 Å². The summed E-state index contributed by atoms with van der Waals surface area (Å²) < 4.78 is 2.24. The van der Waals surface area contributed by atoms with Crippen LogP contribution in [-0.2, 0) is 6.54 Å². The summed E-state index contributed by atoms with van der Waals surface area (Å²) in [6, 6.07) is 15.0. The molecule has 2 heterocycles. The van der Waals surface area contributed by atoms with Gasteiger partial charge in [0.15, 0.2) is 4.64 Å². The Morgan fingerprint density at radius 3 is 2.70 bits per heavy atom. The number of aromatic carboxylic acids is 1. The number of carboxylic acids is 1. The average Bonchev–Trinajstić information content (AvgIpc) is 3.14. The van der Waals surface area contributed by atoms with Gasteiger partial charge in [-0.1, -0.05) is 48.6 Å². The second-order valence-corrected chi connectivity index (χ2v) is 7.41. The Morgan fingerprint density at radius 1 is 1.18 bits per heavy atom. The summed E-state index contributed by atoms with van der Waals surface area (Å²) in [5.74, 6) is -1.08. The smallest absolute Gasteiger partial charge is 0.335 e. The summed E-state index contributed by atoms with van der Waals surface area (Å²) in [5, 5.41) is 14.5. The normalized spacial score (nSPS) is 10.5. The third-order valence-corrected chi connectivity index (χ3v) is 5.28. The summed E-state index contributed by atoms with van der Waals surface area (Å²) in [5.41, 5.74) is 3.62. The van der Waals surface area contributed by atoms with Crippen molar-refractivity contribution in [2.75, 3.05) is 11.9 Å². The SMILES string of the molecule is [C-]#[N+]c1c(-c2ccccc2)n(CCNC(=O)Nc2cccc(C(=O)O)c2)c2c(=S)nc[nH]c12. The molecule has 0 aliphatic carbocycles. The number of amides is 2. The lowest BCUT2D eigenvalue weighted by atomic mass is 10.1. The van der Waals surface area contributed by atoms with Gasteiger partial charge in [-0.15, -0.1) is 0 Å². The van der Waals surface area contributed by atoms with E-state index in [2.05, 4.69) is 25.4 Å². The highest BCUT2D eigenvalue weighted by Crippen LogP contribution is 2.39. The fraction of sp³-hybridized carbons (Fsp3) is 0.0870. The number of carboxylic acid groups (broad SMARTS) is 1. The molecule has 0 fully saturated rings. The van der Waals surface area contributed by atoms with Crippen LogP contribution in [-0.4, -0.2) is 38.2 Å². The number of nitrogens with one attached hydrogen (secondary N) is 3. The Labute approximate surface area is 193 Å². The number of nitrogens with zero attached hydrogens (tertiary/aromatic N) is 3. The van der Waals surface area contributed by atoms with Crippen LogP contribution in [0.15, 0.2) is 60.9 Å². The van der Waals surface area contributed by atoms with Crippen LogP contribution in [0, 0.1) is 11.2 Å². The maximum atomic E-state index is 12.4. The molecule has 9 nitrogen and oxygen atoms in total. The number of aromatic nitrogens is 3. The third kappa shape index (κ3) is 4.44. The number of H-pyrrole nitrogens is 1. The number of urea groups is 1. The number of hydrogen-bond acceptors (Lipinski definition) is 4. The van der Waals surface area contributed by atoms with Gasteiger partial charge in [-0.3, -0.25) is 0 Å². The van der Waals surface area contributed by atoms with Crippen LogP contribution in [0.4, 0.5) is 16.2 Å². The van der Waals surface area contributed by atoms with Crippen LogP contribution in [0.3, 0.4) is 0 Å². The maximum absolute atomic E-state index is 12.4. The molecule has 0 aliphatic rings. The fourth-order valence-electron chi connectivity index (χ4n) is 3.59. The Bertz CT molecular complexity index is 1450. The van der Waals surface area contributed by atoms with Crippen LogP contribution in [0.2, 0.25) is 0 Å². The zero-order chi connectivity index (χ0) is 23.4. The molecule has 0 unspecified atom stereocenters. The molecule has 0 radical (unpaired) electrons. The predicted octanol–water partition coefficient (Wildman–Crippen LogP) is 4.83. The lowest BCUT2D eigenvalue weighted by Gasteiger charge is -2.13. The first-order chi connectivity index (χ1) is 16.0. The summed E-state index contributed by atoms with van der Waals surface area (Å²) in [6.07, 6.45) is 1.47. The molecule has 2 aromatic heterocycles. The van der Waals surface area contributed by atoms with E-state index in [4.69, 9.17) is 23.9 Å². The number of benzene rings is 2. The third-order valence-electron chi connectivity index (χ3n) is 4.98. The molecular formula is C23H18N6O3S. The van der Waals surface area contributed by atoms with Gasteiger partial charge in [0.1, 0.15) is 0 Å². The van der Waals surface area contributed by atoms with Crippen molar-refractivity contribution in [2.45, 2.75) is 6.54 Å². The Hall–Kier alpha value is -4.49. The first-order valence-electron chi connectivity index (χ1n) is 9.90. The van der Waals surface area contributed by atoms with Gasteiger partial charge in [-0.2, -0.15) is 0 Å². The molecule has 33 heavy (non-hydrogen) atoms. The Kier molecular flexibility index (Phi) is 6.15. The molecule has 0 saturated heterocycles. The predicted molar refractivity (Wildman–Crippen MR) is 127 cm³/mol. The van der Waals surface area contributed by atoms with E-state index in [1.807, 2.05) is 34.9 Å². The minimum absolute atomic E-state index is 0.0764. The van der Waals surface area contributed by atoms with Gasteiger partial charge in [0, 0.05) is 18.8 Å². The number of fused-ring (bicyclic) bond motifs is 1. The lowest BCUT2D eigenvalue weighted by molar-refractivity contribution is 0.0697. The zero-order valence-corrected chi connectivity index (χ0v) is 18.0. The van der Waals surface area contributed by atoms with Crippen molar-refractivity contribution in [2.24, 2.45) is 0 Å². The number of aromatic amines is 1. The molecule has 4 N–H and O–H groups in total. The fourth-order valence-corrected chi connectivity index (χ4v) is 3.85. The molecule has 0 spiro atoms. The van der Waals surface area contributed by atoms with E-state index < -0.39 is 12.0 Å². The topological polar surface area (TPSA) is 116 Å². The number of carbonyl (C=O) groups is 2. The van der Waals surface area contributed by atoms with Crippen LogP contribution >= 0.6 is 12.2 Å². The highest BCUT2D eigenvalue weighted by molar-refractivity contribution is 7.71. The standard InChI is InChI=1S/C23H18N6O3S/c1-24-17-18-20(21(33)27-13-26-18)29(19(17)14-6-3-2-4-7-14)11-10-25-23(32)28-16-9-5-8-15(12-16)22(30)31/h2-9,12-13H,10-11H2,(H,30,31)(H2,25,28,32)(H,26,27,33). The van der Waals surface area contributed by atoms with Crippen LogP contribution in [0.5, 0.6) is 0 Å². The largest absolute Gasteiger partial charge is 0.478 e. The van der Waals surface area contributed by atoms with Gasteiger partial charge < -0.3 is 25.3 Å². The van der Waals surface area contributed by atoms with Crippen LogP contribution in [0.1, 0.15) is 10.4 Å². The van der Waals surface area contributed by atoms with Crippen molar-refractivity contribution >= 4 is 46.6 Å². The first kappa shape index (κ1) is 21.7. The second kappa shape index (κ2) is 9.33. The second-order valence-electron chi connectivity index (χ2n) is 7.02. The van der Waals surface area contributed by atoms with Gasteiger partial charge >= 0.3 is 12.0 Å². The monoisotopic (exact) mass is 458 g/mol. The zero-order valence-electron chi connectivity index (χ0n) is 17.2. The van der Waals surface area contributed by atoms with E-state index in [1.165, 1.54) is 18.5 Å². The molecule has 0 saturated carbocycles. The number of anilines is 1. The van der Waals surface area contributed by atoms with Gasteiger partial charge in [0.25, 0.3) is 0 Å². The highest BCUT2D eigenvalue weighted by Gasteiger charge is 2.20. The van der Waals surface area contributed by atoms with E-state index in [-0.39, 0.29) is 12.1 Å². The van der Waals surface area contributed by atoms with E-state index in [1.54, 1.807) is 12.1 Å². The Morgan fingerprint density at radius 2 is 1.97 bits per heavy atom. The van der Waals surface area contributed by atoms with Crippen molar-refractivity contribution in [1.29, 1.82) is 0 Å². The molecule has 0 bridgehead atoms. The van der Waals surface area contributed by atoms with Gasteiger partial charge in [-0.25, -0.2) is 19.4 Å². The van der Waals surface area contributed by atoms with Gasteiger partial charge in [0.05, 0.1) is 35.2 Å². The average molecular weight is 459 g/mol. The van der Waals surface area contributed by atoms with Crippen LogP contribution < -0.4 is 10.6 Å². The van der Waals surface area contributed by atoms with Crippen LogP contribution in [0.25, 0.3) is 27.1 Å². The van der Waals surface area contributed by atoms with Crippen molar-refractivity contribution in [3.05, 3.63) is 82.5 Å². The Balaban J connectivity index is 1.60. The van der Waals surface area contributed by atoms with E-state index in [0.717, 1.165) is 5.56 Å². The lowest BCUT2D eigenvalue weighted by Crippen LogP contribution is -2.31. The van der Waals surface area contributed by atoms with E-state index in [0.29, 0.717) is 39.3 Å². The van der Waals surface area contributed by atoms with Crippen molar-refractivity contribution < 1.29 is 14.7 Å². The maximum Gasteiger partial charge on any atom is 0.335 e. The molecule has 2 aromatic carbocycles. The van der Waals surface area contributed by atoms with Crippen molar-refractivity contribution in [1.82, 2.24) is 19.9 Å². The van der Waals surface area contributed by atoms with E-state index in [9.17, 15) is 9.59 Å². The van der Waals surface area contributed by atoms with E-state index >= 15 is 0 Å². The summed E-state index contributed by atoms with van der Waals surface area (Å²) in [7, 11) is 0. The quantitative estimate of drug-likeness (QED) is 0.244. The molecule has 10 heteroatoms. The highest BCUT2D eigenvalue weighted by atomic mass is 32.1. The summed E-state index contributed by atoms with van der Waals surface area (Å²) in [4.78, 5) is 34.4. The summed E-state index contributed by atoms with van der Waals surface area (Å²) in [6.45, 7) is 8.30. The van der Waals surface area contributed by atoms with Crippen molar-refractivity contribution in [3.8, 4) is 11.3 Å². The number of carbonyl (C=O) groups excluding carboxylic acids is 1. The number of hydrogen-bond donors (Lipinski definition) is 4. The molecule has 2 amide bonds. The molecule has 0 aliphatic heterocycles. The summed E-state index contributed by atoms with van der Waals surface area (Å²) >= 11 is 5.43. The minimum Gasteiger partial charge on any atom is -0.478 e. The molecule has 0 atom stereocenters. The molecular weight excluding hydrogens is 440 g/mol. The number of rotatable bonds is 6. The molecule has 4 rings (SSSR count).